The van der Waals surface area contributed by atoms with E-state index in [2.05, 4.69) is 0 Å². The third-order valence-electron chi connectivity index (χ3n) is 4.79. The molecule has 1 aliphatic rings. The number of aliphatic hydroxyl groups is 1. The average Bonchev–Trinajstić information content (AvgIpc) is 2.72. The number of carbonyl (C=O) groups excluding carboxylic acids is 3. The normalized spacial score (nSPS) is 18.4. The molecule has 1 heterocycles. The van der Waals surface area contributed by atoms with Crippen molar-refractivity contribution < 1.29 is 38.4 Å². The Morgan fingerprint density at radius 1 is 1.07 bits per heavy atom. The smallest absolute Gasteiger partial charge is 0.353 e. The van der Waals surface area contributed by atoms with Crippen LogP contribution in [-0.2, 0) is 19.1 Å². The molecule has 154 valence electrons. The molecule has 2 rings (SSSR count). The molecule has 0 aliphatic carbocycles. The van der Waals surface area contributed by atoms with Gasteiger partial charge in [-0.05, 0) is 6.07 Å². The third kappa shape index (κ3) is 3.19. The molecule has 1 amide bonds. The fourth-order valence-corrected chi connectivity index (χ4v) is 3.37. The summed E-state index contributed by atoms with van der Waals surface area (Å²) in [5.41, 5.74) is -1.28. The SMILES string of the molecule is COC(=O)CC1(C(=O)OC)N(CCO)C(=O)c2cc(OC)c(OC)cc2N1C. The van der Waals surface area contributed by atoms with Crippen LogP contribution >= 0.6 is 0 Å². The first-order chi connectivity index (χ1) is 13.3. The Balaban J connectivity index is 2.79. The maximum absolute atomic E-state index is 13.3. The van der Waals surface area contributed by atoms with E-state index < -0.39 is 36.5 Å². The predicted molar refractivity (Wildman–Crippen MR) is 97.5 cm³/mol. The van der Waals surface area contributed by atoms with Gasteiger partial charge in [-0.15, -0.1) is 0 Å². The van der Waals surface area contributed by atoms with Crippen molar-refractivity contribution in [1.82, 2.24) is 4.90 Å². The Morgan fingerprint density at radius 2 is 1.68 bits per heavy atom. The molecule has 0 fully saturated rings. The van der Waals surface area contributed by atoms with Gasteiger partial charge in [0.2, 0.25) is 5.66 Å². The van der Waals surface area contributed by atoms with Crippen molar-refractivity contribution in [3.8, 4) is 11.5 Å². The van der Waals surface area contributed by atoms with Crippen LogP contribution in [0.15, 0.2) is 12.1 Å². The number of likely N-dealkylation sites (N-methyl/N-ethyl adjacent to an activating group) is 1. The van der Waals surface area contributed by atoms with E-state index in [4.69, 9.17) is 18.9 Å². The van der Waals surface area contributed by atoms with Crippen molar-refractivity contribution in [1.29, 1.82) is 0 Å². The highest BCUT2D eigenvalue weighted by Crippen LogP contribution is 2.43. The Morgan fingerprint density at radius 3 is 2.18 bits per heavy atom. The molecule has 1 aliphatic heterocycles. The molecule has 1 unspecified atom stereocenters. The van der Waals surface area contributed by atoms with Gasteiger partial charge in [-0.3, -0.25) is 9.59 Å². The highest BCUT2D eigenvalue weighted by Gasteiger charge is 2.56. The summed E-state index contributed by atoms with van der Waals surface area (Å²) in [6.45, 7) is -0.634. The van der Waals surface area contributed by atoms with Gasteiger partial charge in [0.1, 0.15) is 0 Å². The van der Waals surface area contributed by atoms with Crippen LogP contribution in [0.4, 0.5) is 5.69 Å². The topological polar surface area (TPSA) is 115 Å². The van der Waals surface area contributed by atoms with E-state index >= 15 is 0 Å². The van der Waals surface area contributed by atoms with Gasteiger partial charge in [0.25, 0.3) is 5.91 Å². The maximum atomic E-state index is 13.3. The Kier molecular flexibility index (Phi) is 6.34. The maximum Gasteiger partial charge on any atom is 0.353 e. The van der Waals surface area contributed by atoms with Gasteiger partial charge in [-0.25, -0.2) is 4.79 Å². The molecule has 10 heteroatoms. The van der Waals surface area contributed by atoms with Crippen molar-refractivity contribution in [2.75, 3.05) is 53.5 Å². The number of nitrogens with zero attached hydrogens (tertiary/aromatic N) is 2. The predicted octanol–water partition coefficient (Wildman–Crippen LogP) is 0.0205. The molecule has 10 nitrogen and oxygen atoms in total. The number of methoxy groups -OCH3 is 4. The quantitative estimate of drug-likeness (QED) is 0.637. The summed E-state index contributed by atoms with van der Waals surface area (Å²) in [6.07, 6.45) is -0.494. The van der Waals surface area contributed by atoms with E-state index in [1.807, 2.05) is 0 Å². The van der Waals surface area contributed by atoms with E-state index in [9.17, 15) is 19.5 Å². The molecular weight excluding hydrogens is 372 g/mol. The molecule has 1 aromatic carbocycles. The Hall–Kier alpha value is -3.01. The van der Waals surface area contributed by atoms with Crippen molar-refractivity contribution in [3.63, 3.8) is 0 Å². The van der Waals surface area contributed by atoms with Gasteiger partial charge in [-0.1, -0.05) is 0 Å². The second-order valence-corrected chi connectivity index (χ2v) is 6.02. The first kappa shape index (κ1) is 21.3. The minimum absolute atomic E-state index is 0.205. The number of anilines is 1. The number of β-amino-alcohol motifs (C(OH)–C–C–N with tert-alkyl or cyclic N) is 1. The van der Waals surface area contributed by atoms with Crippen molar-refractivity contribution in [2.24, 2.45) is 0 Å². The number of esters is 2. The molecular formula is C18H24N2O8. The van der Waals surface area contributed by atoms with Crippen LogP contribution in [0.3, 0.4) is 0 Å². The largest absolute Gasteiger partial charge is 0.493 e. The minimum Gasteiger partial charge on any atom is -0.493 e. The average molecular weight is 396 g/mol. The van der Waals surface area contributed by atoms with E-state index in [1.165, 1.54) is 38.4 Å². The number of ether oxygens (including phenoxy) is 4. The number of benzene rings is 1. The Bertz CT molecular complexity index is 781. The molecule has 1 N–H and O–H groups in total. The van der Waals surface area contributed by atoms with Crippen LogP contribution in [0.2, 0.25) is 0 Å². The van der Waals surface area contributed by atoms with Gasteiger partial charge >= 0.3 is 11.9 Å². The van der Waals surface area contributed by atoms with Crippen LogP contribution in [0.5, 0.6) is 11.5 Å². The van der Waals surface area contributed by atoms with E-state index in [0.29, 0.717) is 17.2 Å². The zero-order valence-corrected chi connectivity index (χ0v) is 16.5. The number of rotatable bonds is 7. The summed E-state index contributed by atoms with van der Waals surface area (Å²) in [7, 11) is 6.75. The number of hydrogen-bond acceptors (Lipinski definition) is 9. The van der Waals surface area contributed by atoms with Crippen LogP contribution < -0.4 is 14.4 Å². The van der Waals surface area contributed by atoms with E-state index in [1.54, 1.807) is 7.05 Å². The van der Waals surface area contributed by atoms with Gasteiger partial charge in [0, 0.05) is 19.7 Å². The van der Waals surface area contributed by atoms with E-state index in [-0.39, 0.29) is 12.1 Å². The molecule has 0 aromatic heterocycles. The van der Waals surface area contributed by atoms with Crippen molar-refractivity contribution in [2.45, 2.75) is 12.1 Å². The van der Waals surface area contributed by atoms with E-state index in [0.717, 1.165) is 12.0 Å². The lowest BCUT2D eigenvalue weighted by atomic mass is 9.93. The van der Waals surface area contributed by atoms with Crippen LogP contribution in [0, 0.1) is 0 Å². The van der Waals surface area contributed by atoms with Crippen LogP contribution in [-0.4, -0.2) is 82.2 Å². The molecule has 28 heavy (non-hydrogen) atoms. The number of aliphatic hydroxyl groups excluding tert-OH is 1. The van der Waals surface area contributed by atoms with Gasteiger partial charge < -0.3 is 33.9 Å². The summed E-state index contributed by atoms with van der Waals surface area (Å²) < 4.78 is 20.2. The lowest BCUT2D eigenvalue weighted by Gasteiger charge is -2.50. The first-order valence-electron chi connectivity index (χ1n) is 8.40. The lowest BCUT2D eigenvalue weighted by Crippen LogP contribution is -2.70. The second-order valence-electron chi connectivity index (χ2n) is 6.02. The summed E-state index contributed by atoms with van der Waals surface area (Å²) in [5, 5.41) is 9.51. The molecule has 1 aromatic rings. The summed E-state index contributed by atoms with van der Waals surface area (Å²) in [6, 6.07) is 3.02. The highest BCUT2D eigenvalue weighted by atomic mass is 16.5. The lowest BCUT2D eigenvalue weighted by molar-refractivity contribution is -0.161. The standard InChI is InChI=1S/C18H24N2O8/c1-19-12-9-14(26-3)13(25-2)8-11(12)16(23)20(6-7-21)18(19,17(24)28-5)10-15(22)27-4/h8-9,21H,6-7,10H2,1-5H3. The van der Waals surface area contributed by atoms with Gasteiger partial charge in [-0.2, -0.15) is 0 Å². The first-order valence-corrected chi connectivity index (χ1v) is 8.40. The fourth-order valence-electron chi connectivity index (χ4n) is 3.37. The molecule has 0 saturated carbocycles. The number of fused-ring (bicyclic) bond motifs is 1. The van der Waals surface area contributed by atoms with Crippen molar-refractivity contribution in [3.05, 3.63) is 17.7 Å². The Labute approximate surface area is 162 Å². The number of amides is 1. The fraction of sp³-hybridized carbons (Fsp3) is 0.500. The van der Waals surface area contributed by atoms with Crippen molar-refractivity contribution >= 4 is 23.5 Å². The third-order valence-corrected chi connectivity index (χ3v) is 4.79. The molecule has 0 saturated heterocycles. The zero-order valence-electron chi connectivity index (χ0n) is 16.5. The summed E-state index contributed by atoms with van der Waals surface area (Å²) >= 11 is 0. The zero-order chi connectivity index (χ0) is 21.1. The summed E-state index contributed by atoms with van der Waals surface area (Å²) in [5.74, 6) is -1.48. The van der Waals surface area contributed by atoms with Gasteiger partial charge in [0.15, 0.2) is 11.5 Å². The number of hydrogen-bond donors (Lipinski definition) is 1. The molecule has 0 radical (unpaired) electrons. The number of carbonyl (C=O) groups is 3. The molecule has 0 bridgehead atoms. The molecule has 0 spiro atoms. The minimum atomic E-state index is -1.84. The monoisotopic (exact) mass is 396 g/mol. The molecule has 1 atom stereocenters. The second kappa shape index (κ2) is 8.34. The van der Waals surface area contributed by atoms with Crippen LogP contribution in [0.1, 0.15) is 16.8 Å². The van der Waals surface area contributed by atoms with Gasteiger partial charge in [0.05, 0.1) is 52.7 Å². The summed E-state index contributed by atoms with van der Waals surface area (Å²) in [4.78, 5) is 40.8. The highest BCUT2D eigenvalue weighted by molar-refractivity contribution is 6.08. The van der Waals surface area contributed by atoms with Crippen LogP contribution in [0.25, 0.3) is 0 Å².